The summed E-state index contributed by atoms with van der Waals surface area (Å²) in [4.78, 5) is 14.9. The molecule has 6 heteroatoms. The largest absolute Gasteiger partial charge is 0.372 e. The molecule has 0 radical (unpaired) electrons. The number of ether oxygens (including phenoxy) is 1. The number of morpholine rings is 1. The van der Waals surface area contributed by atoms with Gasteiger partial charge in [-0.05, 0) is 51.8 Å². The van der Waals surface area contributed by atoms with Crippen molar-refractivity contribution in [2.24, 2.45) is 0 Å². The van der Waals surface area contributed by atoms with Gasteiger partial charge in [-0.25, -0.2) is 0 Å². The molecule has 1 aliphatic heterocycles. The van der Waals surface area contributed by atoms with Crippen molar-refractivity contribution in [2.45, 2.75) is 26.1 Å². The Morgan fingerprint density at radius 2 is 2.00 bits per heavy atom. The highest BCUT2D eigenvalue weighted by molar-refractivity contribution is 9.13. The van der Waals surface area contributed by atoms with Gasteiger partial charge in [-0.15, -0.1) is 11.3 Å². The van der Waals surface area contributed by atoms with E-state index in [2.05, 4.69) is 31.9 Å². The van der Waals surface area contributed by atoms with Crippen molar-refractivity contribution < 1.29 is 9.53 Å². The maximum absolute atomic E-state index is 12.3. The lowest BCUT2D eigenvalue weighted by Gasteiger charge is -2.35. The first kappa shape index (κ1) is 13.5. The van der Waals surface area contributed by atoms with E-state index in [1.807, 2.05) is 24.8 Å². The Morgan fingerprint density at radius 1 is 1.41 bits per heavy atom. The summed E-state index contributed by atoms with van der Waals surface area (Å²) in [6.07, 6.45) is 0.212. The molecule has 2 heterocycles. The Morgan fingerprint density at radius 3 is 2.47 bits per heavy atom. The molecule has 1 aliphatic rings. The van der Waals surface area contributed by atoms with Crippen molar-refractivity contribution in [1.82, 2.24) is 4.90 Å². The number of carbonyl (C=O) groups excluding carboxylic acids is 1. The Labute approximate surface area is 121 Å². The molecular weight excluding hydrogens is 370 g/mol. The van der Waals surface area contributed by atoms with E-state index in [1.54, 1.807) is 0 Å². The van der Waals surface area contributed by atoms with Crippen LogP contribution >= 0.6 is 43.2 Å². The molecule has 1 saturated heterocycles. The fourth-order valence-corrected chi connectivity index (χ4v) is 3.96. The summed E-state index contributed by atoms with van der Waals surface area (Å²) in [5, 5.41) is 0. The topological polar surface area (TPSA) is 29.5 Å². The first-order chi connectivity index (χ1) is 7.97. The number of rotatable bonds is 1. The zero-order chi connectivity index (χ0) is 12.6. The third kappa shape index (κ3) is 3.10. The number of hydrogen-bond donors (Lipinski definition) is 0. The van der Waals surface area contributed by atoms with Crippen LogP contribution in [0.2, 0.25) is 0 Å². The molecule has 2 rings (SSSR count). The third-order valence-electron chi connectivity index (χ3n) is 2.56. The monoisotopic (exact) mass is 381 g/mol. The summed E-state index contributed by atoms with van der Waals surface area (Å²) in [6.45, 7) is 5.32. The lowest BCUT2D eigenvalue weighted by atomic mass is 10.2. The third-order valence-corrected chi connectivity index (χ3v) is 5.81. The van der Waals surface area contributed by atoms with Gasteiger partial charge in [0.25, 0.3) is 5.91 Å². The molecular formula is C11H13Br2NO2S. The van der Waals surface area contributed by atoms with Crippen molar-refractivity contribution in [1.29, 1.82) is 0 Å². The SMILES string of the molecule is C[C@@H]1CN(C(=O)c2cc(Br)c(Br)s2)C[C@H](C)O1. The van der Waals surface area contributed by atoms with Gasteiger partial charge in [0.2, 0.25) is 0 Å². The van der Waals surface area contributed by atoms with Crippen LogP contribution in [-0.4, -0.2) is 36.1 Å². The molecule has 1 aromatic rings. The molecule has 0 aromatic carbocycles. The van der Waals surface area contributed by atoms with Crippen LogP contribution in [0.25, 0.3) is 0 Å². The van der Waals surface area contributed by atoms with Gasteiger partial charge in [0, 0.05) is 17.6 Å². The number of halogens is 2. The van der Waals surface area contributed by atoms with Crippen LogP contribution < -0.4 is 0 Å². The lowest BCUT2D eigenvalue weighted by molar-refractivity contribution is -0.0585. The molecule has 0 N–H and O–H groups in total. The number of thiophene rings is 1. The molecule has 1 amide bonds. The lowest BCUT2D eigenvalue weighted by Crippen LogP contribution is -2.48. The highest BCUT2D eigenvalue weighted by atomic mass is 79.9. The van der Waals surface area contributed by atoms with Crippen LogP contribution in [-0.2, 0) is 4.74 Å². The van der Waals surface area contributed by atoms with E-state index in [0.717, 1.165) is 13.1 Å². The summed E-state index contributed by atoms with van der Waals surface area (Å²) >= 11 is 8.26. The first-order valence-electron chi connectivity index (χ1n) is 5.37. The average Bonchev–Trinajstić information content (AvgIpc) is 2.57. The zero-order valence-electron chi connectivity index (χ0n) is 9.57. The standard InChI is InChI=1S/C11H13Br2NO2S/c1-6-4-14(5-7(2)16-6)11(15)9-3-8(12)10(13)17-9/h3,6-7H,4-5H2,1-2H3/t6-,7+. The van der Waals surface area contributed by atoms with Gasteiger partial charge in [-0.3, -0.25) is 4.79 Å². The molecule has 0 saturated carbocycles. The van der Waals surface area contributed by atoms with Crippen LogP contribution in [0.1, 0.15) is 23.5 Å². The Hall–Kier alpha value is 0.0900. The van der Waals surface area contributed by atoms with Crippen molar-refractivity contribution in [2.75, 3.05) is 13.1 Å². The van der Waals surface area contributed by atoms with Gasteiger partial charge in [-0.1, -0.05) is 0 Å². The average molecular weight is 383 g/mol. The maximum Gasteiger partial charge on any atom is 0.264 e. The molecule has 0 unspecified atom stereocenters. The second kappa shape index (κ2) is 5.38. The van der Waals surface area contributed by atoms with E-state index in [9.17, 15) is 4.79 Å². The number of amides is 1. The highest BCUT2D eigenvalue weighted by Gasteiger charge is 2.27. The number of hydrogen-bond acceptors (Lipinski definition) is 3. The van der Waals surface area contributed by atoms with E-state index in [0.29, 0.717) is 13.1 Å². The molecule has 1 fully saturated rings. The van der Waals surface area contributed by atoms with Gasteiger partial charge in [0.1, 0.15) is 0 Å². The Kier molecular flexibility index (Phi) is 4.28. The van der Waals surface area contributed by atoms with Gasteiger partial charge in [0.05, 0.1) is 20.9 Å². The predicted octanol–water partition coefficient (Wildman–Crippen LogP) is 3.52. The van der Waals surface area contributed by atoms with Crippen molar-refractivity contribution >= 4 is 49.1 Å². The molecule has 0 aliphatic carbocycles. The van der Waals surface area contributed by atoms with E-state index in [-0.39, 0.29) is 18.1 Å². The second-order valence-corrected chi connectivity index (χ2v) is 7.42. The molecule has 94 valence electrons. The van der Waals surface area contributed by atoms with Crippen LogP contribution in [0, 0.1) is 0 Å². The molecule has 1 aromatic heterocycles. The van der Waals surface area contributed by atoms with Gasteiger partial charge >= 0.3 is 0 Å². The molecule has 0 bridgehead atoms. The minimum absolute atomic E-state index is 0.0865. The van der Waals surface area contributed by atoms with Crippen LogP contribution in [0.5, 0.6) is 0 Å². The van der Waals surface area contributed by atoms with E-state index in [4.69, 9.17) is 4.74 Å². The van der Waals surface area contributed by atoms with Gasteiger partial charge in [0.15, 0.2) is 0 Å². The van der Waals surface area contributed by atoms with E-state index < -0.39 is 0 Å². The predicted molar refractivity (Wildman–Crippen MR) is 75.6 cm³/mol. The highest BCUT2D eigenvalue weighted by Crippen LogP contribution is 2.33. The van der Waals surface area contributed by atoms with Crippen molar-refractivity contribution in [3.8, 4) is 0 Å². The molecule has 17 heavy (non-hydrogen) atoms. The summed E-state index contributed by atoms with van der Waals surface area (Å²) in [5.74, 6) is 0.0865. The normalized spacial score (nSPS) is 25.1. The van der Waals surface area contributed by atoms with Crippen LogP contribution in [0.3, 0.4) is 0 Å². The Bertz CT molecular complexity index is 406. The fraction of sp³-hybridized carbons (Fsp3) is 0.545. The summed E-state index contributed by atoms with van der Waals surface area (Å²) in [6, 6.07) is 1.86. The summed E-state index contributed by atoms with van der Waals surface area (Å²) in [5.41, 5.74) is 0. The van der Waals surface area contributed by atoms with Crippen molar-refractivity contribution in [3.63, 3.8) is 0 Å². The second-order valence-electron chi connectivity index (χ2n) is 4.20. The summed E-state index contributed by atoms with van der Waals surface area (Å²) < 4.78 is 7.51. The molecule has 0 spiro atoms. The Balaban J connectivity index is 2.14. The maximum atomic E-state index is 12.3. The van der Waals surface area contributed by atoms with Crippen LogP contribution in [0.15, 0.2) is 14.3 Å². The number of carbonyl (C=O) groups is 1. The van der Waals surface area contributed by atoms with Gasteiger partial charge in [-0.2, -0.15) is 0 Å². The zero-order valence-corrected chi connectivity index (χ0v) is 13.6. The van der Waals surface area contributed by atoms with E-state index in [1.165, 1.54) is 11.3 Å². The van der Waals surface area contributed by atoms with E-state index >= 15 is 0 Å². The van der Waals surface area contributed by atoms with Gasteiger partial charge < -0.3 is 9.64 Å². The first-order valence-corrected chi connectivity index (χ1v) is 7.77. The van der Waals surface area contributed by atoms with Crippen LogP contribution in [0.4, 0.5) is 0 Å². The quantitative estimate of drug-likeness (QED) is 0.743. The fourth-order valence-electron chi connectivity index (χ4n) is 1.95. The number of nitrogens with zero attached hydrogens (tertiary/aromatic N) is 1. The smallest absolute Gasteiger partial charge is 0.264 e. The molecule has 2 atom stereocenters. The summed E-state index contributed by atoms with van der Waals surface area (Å²) in [7, 11) is 0. The minimum atomic E-state index is 0.0865. The minimum Gasteiger partial charge on any atom is -0.372 e. The molecule has 3 nitrogen and oxygen atoms in total. The van der Waals surface area contributed by atoms with Crippen molar-refractivity contribution in [3.05, 3.63) is 19.2 Å².